The molecule has 0 saturated carbocycles. The summed E-state index contributed by atoms with van der Waals surface area (Å²) in [4.78, 5) is 39.0. The van der Waals surface area contributed by atoms with Gasteiger partial charge in [0.25, 0.3) is 15.6 Å². The van der Waals surface area contributed by atoms with Crippen molar-refractivity contribution in [1.82, 2.24) is 4.57 Å². The maximum atomic E-state index is 13.0. The Morgan fingerprint density at radius 1 is 1.14 bits per heavy atom. The predicted octanol–water partition coefficient (Wildman–Crippen LogP) is 0.973. The summed E-state index contributed by atoms with van der Waals surface area (Å²) in [5, 5.41) is 10.5. The molecule has 0 spiro atoms. The number of primary amides is 1. The topological polar surface area (TPSA) is 222 Å². The number of hydrogen-bond donors (Lipinski definition) is 5. The molecule has 1 aromatic heterocycles. The van der Waals surface area contributed by atoms with Gasteiger partial charge in [-0.1, -0.05) is 15.9 Å². The number of nitrogens with two attached hydrogens (primary N) is 3. The number of nitrogens with zero attached hydrogens (tertiary/aromatic N) is 2. The van der Waals surface area contributed by atoms with Crippen LogP contribution in [0.2, 0.25) is 0 Å². The first kappa shape index (κ1) is 31.2. The van der Waals surface area contributed by atoms with Crippen molar-refractivity contribution in [2.75, 3.05) is 4.72 Å². The van der Waals surface area contributed by atoms with Crippen molar-refractivity contribution in [1.29, 1.82) is 0 Å². The highest BCUT2D eigenvalue weighted by molar-refractivity contribution is 9.10. The summed E-state index contributed by atoms with van der Waals surface area (Å²) >= 11 is 3.22. The molecule has 1 heterocycles. The molecule has 8 N–H and O–H groups in total. The predicted molar refractivity (Wildman–Crippen MR) is 129 cm³/mol. The zero-order chi connectivity index (χ0) is 28.7. The Kier molecular flexibility index (Phi) is 10.5. The van der Waals surface area contributed by atoms with Gasteiger partial charge in [-0.05, 0) is 55.4 Å². The molecule has 0 radical (unpaired) electrons. The first-order valence-corrected chi connectivity index (χ1v) is 12.0. The van der Waals surface area contributed by atoms with Crippen LogP contribution in [0.1, 0.15) is 18.7 Å². The number of carbonyl (C=O) groups excluding carboxylic acids is 1. The normalized spacial score (nSPS) is 12.8. The fourth-order valence-corrected chi connectivity index (χ4v) is 3.98. The van der Waals surface area contributed by atoms with E-state index in [2.05, 4.69) is 25.8 Å². The van der Waals surface area contributed by atoms with Crippen LogP contribution in [-0.4, -0.2) is 48.2 Å². The number of oxime groups is 1. The number of sulfonamides is 1. The molecule has 0 aliphatic carbocycles. The molecular formula is C19H22BrF3N6O7S. The van der Waals surface area contributed by atoms with E-state index in [0.717, 1.165) is 4.57 Å². The van der Waals surface area contributed by atoms with E-state index in [9.17, 15) is 31.2 Å². The van der Waals surface area contributed by atoms with Gasteiger partial charge in [-0.2, -0.15) is 13.2 Å². The monoisotopic (exact) mass is 614 g/mol. The van der Waals surface area contributed by atoms with Crippen molar-refractivity contribution >= 4 is 49.5 Å². The van der Waals surface area contributed by atoms with Crippen molar-refractivity contribution in [3.8, 4) is 0 Å². The minimum Gasteiger partial charge on any atom is -0.475 e. The number of amides is 1. The molecule has 1 amide bonds. The van der Waals surface area contributed by atoms with E-state index in [1.54, 1.807) is 19.1 Å². The molecule has 1 aromatic carbocycles. The van der Waals surface area contributed by atoms with Crippen molar-refractivity contribution in [3.63, 3.8) is 0 Å². The number of carboxylic acid groups (broad SMARTS) is 1. The van der Waals surface area contributed by atoms with Gasteiger partial charge in [0.15, 0.2) is 12.1 Å². The molecule has 2 unspecified atom stereocenters. The molecule has 2 atom stereocenters. The number of carbonyl (C=O) groups is 2. The molecule has 0 saturated heterocycles. The number of aliphatic carboxylic acids is 1. The van der Waals surface area contributed by atoms with Crippen molar-refractivity contribution in [3.05, 3.63) is 56.9 Å². The van der Waals surface area contributed by atoms with Crippen LogP contribution < -0.4 is 27.5 Å². The molecule has 2 aromatic rings. The maximum Gasteiger partial charge on any atom is 0.490 e. The van der Waals surface area contributed by atoms with Gasteiger partial charge >= 0.3 is 12.1 Å². The second-order valence-electron chi connectivity index (χ2n) is 7.10. The maximum absolute atomic E-state index is 13.0. The number of guanidine groups is 1. The molecule has 18 heteroatoms. The second kappa shape index (κ2) is 12.4. The van der Waals surface area contributed by atoms with Gasteiger partial charge in [-0.25, -0.2) is 13.2 Å². The fraction of sp³-hybridized carbons (Fsp3) is 0.263. The van der Waals surface area contributed by atoms with Crippen LogP contribution in [0.15, 0.2) is 55.7 Å². The molecule has 2 rings (SSSR count). The van der Waals surface area contributed by atoms with E-state index in [1.165, 1.54) is 31.2 Å². The van der Waals surface area contributed by atoms with Gasteiger partial charge in [0, 0.05) is 10.2 Å². The quantitative estimate of drug-likeness (QED) is 0.162. The first-order chi connectivity index (χ1) is 16.9. The van der Waals surface area contributed by atoms with Gasteiger partial charge in [0.05, 0.1) is 4.90 Å². The number of benzene rings is 1. The Morgan fingerprint density at radius 3 is 2.08 bits per heavy atom. The standard InChI is InChI=1S/C17H21BrN6O5S.C2HF3O2/c1-9-3-8-13(23-30(27,28)12-6-4-11(18)5-7-12)16(26)24(9)14(15(19)25)10(2)29-22-17(20)21;3-2(4,5)1(6)7/h3-8,10,14,23H,1-2H3,(H2,19,25)(H4,20,21,22);(H,6,7). The number of aromatic nitrogens is 1. The third-order valence-electron chi connectivity index (χ3n) is 4.27. The van der Waals surface area contributed by atoms with Gasteiger partial charge in [0.2, 0.25) is 11.9 Å². The second-order valence-corrected chi connectivity index (χ2v) is 9.70. The molecule has 13 nitrogen and oxygen atoms in total. The average molecular weight is 615 g/mol. The zero-order valence-electron chi connectivity index (χ0n) is 19.1. The van der Waals surface area contributed by atoms with Gasteiger partial charge in [0.1, 0.15) is 5.69 Å². The van der Waals surface area contributed by atoms with Crippen LogP contribution in [0.4, 0.5) is 18.9 Å². The largest absolute Gasteiger partial charge is 0.490 e. The van der Waals surface area contributed by atoms with E-state index in [1.807, 2.05) is 0 Å². The molecule has 0 aliphatic heterocycles. The van der Waals surface area contributed by atoms with Crippen LogP contribution >= 0.6 is 15.9 Å². The van der Waals surface area contributed by atoms with E-state index in [0.29, 0.717) is 10.2 Å². The Hall–Kier alpha value is -3.80. The summed E-state index contributed by atoms with van der Waals surface area (Å²) in [5.41, 5.74) is 15.2. The molecule has 0 aliphatic rings. The van der Waals surface area contributed by atoms with E-state index in [-0.39, 0.29) is 16.5 Å². The van der Waals surface area contributed by atoms with E-state index in [4.69, 9.17) is 31.9 Å². The number of anilines is 1. The third kappa shape index (κ3) is 8.98. The van der Waals surface area contributed by atoms with Crippen molar-refractivity contribution in [2.24, 2.45) is 22.4 Å². The lowest BCUT2D eigenvalue weighted by atomic mass is 10.1. The minimum atomic E-state index is -5.08. The number of nitrogens with one attached hydrogen (secondary N) is 1. The number of carboxylic acids is 1. The highest BCUT2D eigenvalue weighted by atomic mass is 79.9. The highest BCUT2D eigenvalue weighted by Crippen LogP contribution is 2.20. The Bertz CT molecular complexity index is 1330. The zero-order valence-corrected chi connectivity index (χ0v) is 21.5. The summed E-state index contributed by atoms with van der Waals surface area (Å²) < 4.78 is 61.0. The average Bonchev–Trinajstić information content (AvgIpc) is 2.76. The molecular weight excluding hydrogens is 593 g/mol. The summed E-state index contributed by atoms with van der Waals surface area (Å²) in [6.45, 7) is 2.99. The molecule has 0 fully saturated rings. The first-order valence-electron chi connectivity index (χ1n) is 9.73. The van der Waals surface area contributed by atoms with Gasteiger partial charge < -0.3 is 27.1 Å². The van der Waals surface area contributed by atoms with E-state index < -0.39 is 45.8 Å². The fourth-order valence-electron chi connectivity index (χ4n) is 2.66. The molecule has 204 valence electrons. The Labute approximate surface area is 216 Å². The lowest BCUT2D eigenvalue weighted by Crippen LogP contribution is -2.42. The summed E-state index contributed by atoms with van der Waals surface area (Å²) in [6.07, 6.45) is -6.11. The number of pyridine rings is 1. The van der Waals surface area contributed by atoms with E-state index >= 15 is 0 Å². The van der Waals surface area contributed by atoms with Crippen LogP contribution in [0, 0.1) is 6.92 Å². The molecule has 0 bridgehead atoms. The van der Waals surface area contributed by atoms with Crippen molar-refractivity contribution < 1.29 is 41.1 Å². The Balaban J connectivity index is 0.000000856. The van der Waals surface area contributed by atoms with Crippen LogP contribution in [0.25, 0.3) is 0 Å². The van der Waals surface area contributed by atoms with Crippen LogP contribution in [-0.2, 0) is 24.4 Å². The Morgan fingerprint density at radius 2 is 1.65 bits per heavy atom. The van der Waals surface area contributed by atoms with Crippen LogP contribution in [0.3, 0.4) is 0 Å². The van der Waals surface area contributed by atoms with Gasteiger partial charge in [-0.3, -0.25) is 18.9 Å². The van der Waals surface area contributed by atoms with Crippen molar-refractivity contribution in [2.45, 2.75) is 37.1 Å². The lowest BCUT2D eigenvalue weighted by molar-refractivity contribution is -0.192. The highest BCUT2D eigenvalue weighted by Gasteiger charge is 2.38. The number of rotatable bonds is 8. The van der Waals surface area contributed by atoms with Gasteiger partial charge in [-0.15, -0.1) is 0 Å². The van der Waals surface area contributed by atoms with Crippen LogP contribution in [0.5, 0.6) is 0 Å². The summed E-state index contributed by atoms with van der Waals surface area (Å²) in [6, 6.07) is 7.29. The third-order valence-corrected chi connectivity index (χ3v) is 6.18. The summed E-state index contributed by atoms with van der Waals surface area (Å²) in [7, 11) is -4.06. The lowest BCUT2D eigenvalue weighted by Gasteiger charge is -2.24. The number of halogens is 4. The SMILES string of the molecule is Cc1ccc(NS(=O)(=O)c2ccc(Br)cc2)c(=O)n1C(C(N)=O)C(C)ON=C(N)N.O=C(O)C(F)(F)F. The molecule has 37 heavy (non-hydrogen) atoms. The number of alkyl halides is 3. The number of hydrogen-bond acceptors (Lipinski definition) is 7. The smallest absolute Gasteiger partial charge is 0.475 e. The summed E-state index contributed by atoms with van der Waals surface area (Å²) in [5.74, 6) is -4.04. The number of aryl methyl sites for hydroxylation is 1. The minimum absolute atomic E-state index is 0.0480.